The molecular weight excluding hydrogens is 252 g/mol. The predicted molar refractivity (Wildman–Crippen MR) is 84.7 cm³/mol. The molecule has 2 rings (SSSR count). The van der Waals surface area contributed by atoms with Crippen molar-refractivity contribution in [3.05, 3.63) is 21.4 Å². The second kappa shape index (κ2) is 5.94. The topological polar surface area (TPSA) is 15.3 Å². The molecule has 1 N–H and O–H groups in total. The molecule has 1 fully saturated rings. The molecule has 1 aromatic heterocycles. The Hall–Kier alpha value is -0.380. The van der Waals surface area contributed by atoms with E-state index in [-0.39, 0.29) is 5.54 Å². The summed E-state index contributed by atoms with van der Waals surface area (Å²) in [5, 5.41) is 3.57. The van der Waals surface area contributed by atoms with E-state index in [0.717, 1.165) is 19.0 Å². The Morgan fingerprint density at radius 1 is 1.37 bits per heavy atom. The maximum atomic E-state index is 3.57. The van der Waals surface area contributed by atoms with Gasteiger partial charge in [-0.3, -0.25) is 0 Å². The van der Waals surface area contributed by atoms with E-state index in [1.807, 2.05) is 11.3 Å². The first-order chi connectivity index (χ1) is 8.83. The van der Waals surface area contributed by atoms with Crippen LogP contribution in [0.1, 0.15) is 48.9 Å². The minimum absolute atomic E-state index is 0.195. The Morgan fingerprint density at radius 3 is 2.63 bits per heavy atom. The second-order valence-corrected chi connectivity index (χ2v) is 8.38. The third-order valence-electron chi connectivity index (χ3n) is 3.57. The molecule has 0 unspecified atom stereocenters. The van der Waals surface area contributed by atoms with Crippen LogP contribution in [0.2, 0.25) is 0 Å². The molecule has 1 aliphatic rings. The van der Waals surface area contributed by atoms with Crippen LogP contribution < -0.4 is 5.32 Å². The summed E-state index contributed by atoms with van der Waals surface area (Å²) < 4.78 is 0. The van der Waals surface area contributed by atoms with Crippen LogP contribution in [0.25, 0.3) is 0 Å². The number of aryl methyl sites for hydroxylation is 1. The number of thiophene rings is 1. The fourth-order valence-corrected chi connectivity index (χ4v) is 3.27. The van der Waals surface area contributed by atoms with Gasteiger partial charge >= 0.3 is 0 Å². The summed E-state index contributed by atoms with van der Waals surface area (Å²) >= 11 is 1.94. The van der Waals surface area contributed by atoms with E-state index in [9.17, 15) is 0 Å². The molecule has 108 valence electrons. The van der Waals surface area contributed by atoms with Gasteiger partial charge in [0.2, 0.25) is 0 Å². The van der Waals surface area contributed by atoms with Crippen molar-refractivity contribution in [2.75, 3.05) is 13.6 Å². The Labute approximate surface area is 122 Å². The third-order valence-corrected chi connectivity index (χ3v) is 4.66. The summed E-state index contributed by atoms with van der Waals surface area (Å²) in [6.45, 7) is 12.3. The molecule has 2 nitrogen and oxygen atoms in total. The predicted octanol–water partition coefficient (Wildman–Crippen LogP) is 3.79. The zero-order valence-corrected chi connectivity index (χ0v) is 13.9. The molecule has 0 bridgehead atoms. The van der Waals surface area contributed by atoms with E-state index in [2.05, 4.69) is 51.0 Å². The third kappa shape index (κ3) is 5.25. The van der Waals surface area contributed by atoms with Gasteiger partial charge in [0, 0.05) is 34.9 Å². The number of hydrogen-bond acceptors (Lipinski definition) is 3. The van der Waals surface area contributed by atoms with Crippen LogP contribution in [0.3, 0.4) is 0 Å². The van der Waals surface area contributed by atoms with E-state index in [0.29, 0.717) is 0 Å². The molecule has 0 radical (unpaired) electrons. The Balaban J connectivity index is 1.88. The largest absolute Gasteiger partial charge is 0.307 e. The molecular formula is C16H28N2S. The van der Waals surface area contributed by atoms with Crippen LogP contribution in [-0.2, 0) is 13.1 Å². The highest BCUT2D eigenvalue weighted by Crippen LogP contribution is 2.30. The second-order valence-electron chi connectivity index (χ2n) is 7.04. The summed E-state index contributed by atoms with van der Waals surface area (Å²) in [4.78, 5) is 5.42. The van der Waals surface area contributed by atoms with Gasteiger partial charge in [0.25, 0.3) is 0 Å². The van der Waals surface area contributed by atoms with Crippen LogP contribution >= 0.6 is 11.3 Å². The molecule has 0 amide bonds. The summed E-state index contributed by atoms with van der Waals surface area (Å²) in [6, 6.07) is 2.39. The molecule has 19 heavy (non-hydrogen) atoms. The highest BCUT2D eigenvalue weighted by molar-refractivity contribution is 7.12. The van der Waals surface area contributed by atoms with Crippen LogP contribution in [0.15, 0.2) is 6.07 Å². The zero-order valence-electron chi connectivity index (χ0n) is 13.0. The molecule has 1 heterocycles. The Bertz CT molecular complexity index is 413. The molecule has 0 atom stereocenters. The number of nitrogens with zero attached hydrogens (tertiary/aromatic N) is 1. The van der Waals surface area contributed by atoms with Crippen molar-refractivity contribution in [2.24, 2.45) is 5.92 Å². The molecule has 1 aromatic rings. The number of rotatable bonds is 6. The minimum Gasteiger partial charge on any atom is -0.307 e. The van der Waals surface area contributed by atoms with Gasteiger partial charge in [0.05, 0.1) is 0 Å². The highest BCUT2D eigenvalue weighted by atomic mass is 32.1. The van der Waals surface area contributed by atoms with Gasteiger partial charge in [-0.1, -0.05) is 0 Å². The molecule has 0 saturated heterocycles. The van der Waals surface area contributed by atoms with Crippen molar-refractivity contribution in [3.63, 3.8) is 0 Å². The number of hydrogen-bond donors (Lipinski definition) is 1. The van der Waals surface area contributed by atoms with E-state index in [1.54, 1.807) is 0 Å². The van der Waals surface area contributed by atoms with Gasteiger partial charge in [-0.25, -0.2) is 0 Å². The normalized spacial score (nSPS) is 16.3. The molecule has 1 saturated carbocycles. The molecule has 0 spiro atoms. The lowest BCUT2D eigenvalue weighted by Crippen LogP contribution is -2.34. The van der Waals surface area contributed by atoms with Gasteiger partial charge in [0.15, 0.2) is 0 Å². The van der Waals surface area contributed by atoms with Crippen molar-refractivity contribution in [1.29, 1.82) is 0 Å². The Morgan fingerprint density at radius 2 is 2.05 bits per heavy atom. The van der Waals surface area contributed by atoms with E-state index >= 15 is 0 Å². The fourth-order valence-electron chi connectivity index (χ4n) is 2.28. The summed E-state index contributed by atoms with van der Waals surface area (Å²) in [6.07, 6.45) is 2.88. The highest BCUT2D eigenvalue weighted by Gasteiger charge is 2.23. The Kier molecular flexibility index (Phi) is 4.70. The monoisotopic (exact) mass is 280 g/mol. The standard InChI is InChI=1S/C16H28N2S/c1-12-14(11-18(5)10-13-6-7-13)8-15(19-12)9-17-16(2,3)4/h8,13,17H,6-7,9-11H2,1-5H3. The van der Waals surface area contributed by atoms with Crippen molar-refractivity contribution in [1.82, 2.24) is 10.2 Å². The fraction of sp³-hybridized carbons (Fsp3) is 0.750. The van der Waals surface area contributed by atoms with Gasteiger partial charge < -0.3 is 10.2 Å². The van der Waals surface area contributed by atoms with E-state index in [4.69, 9.17) is 0 Å². The summed E-state index contributed by atoms with van der Waals surface area (Å²) in [7, 11) is 2.25. The molecule has 0 aliphatic heterocycles. The van der Waals surface area contributed by atoms with Crippen molar-refractivity contribution in [3.8, 4) is 0 Å². The molecule has 0 aromatic carbocycles. The average molecular weight is 280 g/mol. The van der Waals surface area contributed by atoms with Crippen LogP contribution in [-0.4, -0.2) is 24.0 Å². The maximum Gasteiger partial charge on any atom is 0.0304 e. The van der Waals surface area contributed by atoms with E-state index < -0.39 is 0 Å². The first kappa shape index (κ1) is 15.0. The van der Waals surface area contributed by atoms with Crippen LogP contribution in [0.5, 0.6) is 0 Å². The quantitative estimate of drug-likeness (QED) is 0.853. The summed E-state index contributed by atoms with van der Waals surface area (Å²) in [5.74, 6) is 0.978. The van der Waals surface area contributed by atoms with Gasteiger partial charge in [-0.2, -0.15) is 0 Å². The maximum absolute atomic E-state index is 3.57. The van der Waals surface area contributed by atoms with Crippen LogP contribution in [0.4, 0.5) is 0 Å². The first-order valence-electron chi connectivity index (χ1n) is 7.35. The van der Waals surface area contributed by atoms with Crippen molar-refractivity contribution in [2.45, 2.75) is 59.2 Å². The van der Waals surface area contributed by atoms with Crippen molar-refractivity contribution >= 4 is 11.3 Å². The number of nitrogens with one attached hydrogen (secondary N) is 1. The SMILES string of the molecule is Cc1sc(CNC(C)(C)C)cc1CN(C)CC1CC1. The summed E-state index contributed by atoms with van der Waals surface area (Å²) in [5.41, 5.74) is 1.71. The molecule has 1 aliphatic carbocycles. The molecule has 3 heteroatoms. The lowest BCUT2D eigenvalue weighted by molar-refractivity contribution is 0.313. The van der Waals surface area contributed by atoms with Crippen molar-refractivity contribution < 1.29 is 0 Å². The minimum atomic E-state index is 0.195. The zero-order chi connectivity index (χ0) is 14.0. The first-order valence-corrected chi connectivity index (χ1v) is 8.17. The smallest absolute Gasteiger partial charge is 0.0304 e. The lowest BCUT2D eigenvalue weighted by Gasteiger charge is -2.19. The van der Waals surface area contributed by atoms with Gasteiger partial charge in [-0.05, 0) is 65.1 Å². The van der Waals surface area contributed by atoms with Gasteiger partial charge in [0.1, 0.15) is 0 Å². The lowest BCUT2D eigenvalue weighted by atomic mass is 10.1. The average Bonchev–Trinajstić information content (AvgIpc) is 3.00. The van der Waals surface area contributed by atoms with E-state index in [1.165, 1.54) is 34.7 Å². The van der Waals surface area contributed by atoms with Gasteiger partial charge in [-0.15, -0.1) is 11.3 Å². The van der Waals surface area contributed by atoms with Crippen LogP contribution in [0, 0.1) is 12.8 Å².